The zero-order valence-corrected chi connectivity index (χ0v) is 19.2. The van der Waals surface area contributed by atoms with Crippen molar-refractivity contribution in [3.63, 3.8) is 0 Å². The molecule has 0 spiro atoms. The Morgan fingerprint density at radius 1 is 1.26 bits per heavy atom. The van der Waals surface area contributed by atoms with E-state index in [2.05, 4.69) is 27.3 Å². The number of aryl methyl sites for hydroxylation is 2. The van der Waals surface area contributed by atoms with Crippen LogP contribution in [0.15, 0.2) is 27.4 Å². The monoisotopic (exact) mass is 459 g/mol. The highest BCUT2D eigenvalue weighted by Gasteiger charge is 2.23. The fourth-order valence-corrected chi connectivity index (χ4v) is 5.18. The van der Waals surface area contributed by atoms with Gasteiger partial charge >= 0.3 is 0 Å². The van der Waals surface area contributed by atoms with Gasteiger partial charge in [-0.1, -0.05) is 12.1 Å². The standard InChI is InChI=1S/C21H25N5O3S2/c1-3-16-14(2)10-17(31-16)21(28)22-11-19(27)26-7-5-25(6-8-26)12-18-23-20(24-29-18)15-4-9-30-13-15/h4,9-10,13H,3,5-8,11-12H2,1-2H3,(H,22,28). The number of amides is 2. The Morgan fingerprint density at radius 3 is 2.74 bits per heavy atom. The van der Waals surface area contributed by atoms with Gasteiger partial charge in [0.05, 0.1) is 18.0 Å². The quantitative estimate of drug-likeness (QED) is 0.584. The Kier molecular flexibility index (Phi) is 6.79. The molecule has 0 unspecified atom stereocenters. The van der Waals surface area contributed by atoms with Gasteiger partial charge in [0, 0.05) is 42.0 Å². The first-order valence-corrected chi connectivity index (χ1v) is 12.0. The van der Waals surface area contributed by atoms with Gasteiger partial charge in [0.25, 0.3) is 5.91 Å². The molecule has 1 fully saturated rings. The normalized spacial score (nSPS) is 14.7. The zero-order chi connectivity index (χ0) is 21.8. The molecule has 1 saturated heterocycles. The minimum absolute atomic E-state index is 0.0187. The predicted molar refractivity (Wildman–Crippen MR) is 120 cm³/mol. The van der Waals surface area contributed by atoms with Crippen molar-refractivity contribution < 1.29 is 14.1 Å². The number of aromatic nitrogens is 2. The number of piperazine rings is 1. The van der Waals surface area contributed by atoms with E-state index < -0.39 is 0 Å². The van der Waals surface area contributed by atoms with E-state index in [-0.39, 0.29) is 18.4 Å². The van der Waals surface area contributed by atoms with E-state index in [1.807, 2.05) is 29.8 Å². The SMILES string of the molecule is CCc1sc(C(=O)NCC(=O)N2CCN(Cc3nc(-c4ccsc4)no3)CC2)cc1C. The summed E-state index contributed by atoms with van der Waals surface area (Å²) in [5.74, 6) is 0.936. The van der Waals surface area contributed by atoms with Crippen molar-refractivity contribution in [2.24, 2.45) is 0 Å². The summed E-state index contributed by atoms with van der Waals surface area (Å²) in [4.78, 5) is 35.2. The Morgan fingerprint density at radius 2 is 2.06 bits per heavy atom. The number of hydrogen-bond donors (Lipinski definition) is 1. The van der Waals surface area contributed by atoms with Gasteiger partial charge in [0.2, 0.25) is 17.6 Å². The summed E-state index contributed by atoms with van der Waals surface area (Å²) in [6.07, 6.45) is 0.909. The second-order valence-corrected chi connectivity index (χ2v) is 9.35. The molecule has 0 atom stereocenters. The van der Waals surface area contributed by atoms with Crippen LogP contribution in [-0.2, 0) is 17.8 Å². The summed E-state index contributed by atoms with van der Waals surface area (Å²) < 4.78 is 5.37. The molecule has 1 aliphatic rings. The van der Waals surface area contributed by atoms with Crippen LogP contribution >= 0.6 is 22.7 Å². The maximum atomic E-state index is 12.5. The second-order valence-electron chi connectivity index (χ2n) is 7.43. The number of nitrogens with zero attached hydrogens (tertiary/aromatic N) is 4. The third-order valence-corrected chi connectivity index (χ3v) is 7.36. The third-order valence-electron chi connectivity index (χ3n) is 5.30. The second kappa shape index (κ2) is 9.71. The van der Waals surface area contributed by atoms with Crippen LogP contribution in [0.25, 0.3) is 11.4 Å². The molecule has 4 heterocycles. The van der Waals surface area contributed by atoms with Crippen LogP contribution < -0.4 is 5.32 Å². The van der Waals surface area contributed by atoms with Crippen molar-refractivity contribution in [3.05, 3.63) is 44.1 Å². The van der Waals surface area contributed by atoms with Crippen molar-refractivity contribution in [1.82, 2.24) is 25.3 Å². The predicted octanol–water partition coefficient (Wildman–Crippen LogP) is 2.80. The lowest BCUT2D eigenvalue weighted by molar-refractivity contribution is -0.131. The molecule has 1 aliphatic heterocycles. The van der Waals surface area contributed by atoms with E-state index in [1.54, 1.807) is 16.2 Å². The van der Waals surface area contributed by atoms with Crippen LogP contribution in [0.1, 0.15) is 32.9 Å². The molecule has 0 saturated carbocycles. The molecule has 0 bridgehead atoms. The fourth-order valence-electron chi connectivity index (χ4n) is 3.51. The van der Waals surface area contributed by atoms with Crippen LogP contribution in [-0.4, -0.2) is 64.5 Å². The molecule has 8 nitrogen and oxygen atoms in total. The lowest BCUT2D eigenvalue weighted by atomic mass is 10.2. The molecule has 31 heavy (non-hydrogen) atoms. The smallest absolute Gasteiger partial charge is 0.261 e. The number of hydrogen-bond acceptors (Lipinski definition) is 8. The number of rotatable bonds is 7. The van der Waals surface area contributed by atoms with Crippen molar-refractivity contribution in [2.45, 2.75) is 26.8 Å². The highest BCUT2D eigenvalue weighted by molar-refractivity contribution is 7.14. The van der Waals surface area contributed by atoms with Crippen molar-refractivity contribution in [3.8, 4) is 11.4 Å². The van der Waals surface area contributed by atoms with Gasteiger partial charge in [0.15, 0.2) is 0 Å². The van der Waals surface area contributed by atoms with Crippen molar-refractivity contribution in [1.29, 1.82) is 0 Å². The summed E-state index contributed by atoms with van der Waals surface area (Å²) in [5.41, 5.74) is 2.09. The van der Waals surface area contributed by atoms with E-state index >= 15 is 0 Å². The van der Waals surface area contributed by atoms with E-state index in [0.717, 1.165) is 30.6 Å². The van der Waals surface area contributed by atoms with Crippen molar-refractivity contribution in [2.75, 3.05) is 32.7 Å². The first-order chi connectivity index (χ1) is 15.0. The number of carbonyl (C=O) groups excluding carboxylic acids is 2. The Hall–Kier alpha value is -2.56. The summed E-state index contributed by atoms with van der Waals surface area (Å²) in [6.45, 7) is 7.33. The maximum absolute atomic E-state index is 12.5. The largest absolute Gasteiger partial charge is 0.342 e. The van der Waals surface area contributed by atoms with Gasteiger partial charge in [-0.25, -0.2) is 0 Å². The van der Waals surface area contributed by atoms with Gasteiger partial charge in [-0.15, -0.1) is 11.3 Å². The highest BCUT2D eigenvalue weighted by Crippen LogP contribution is 2.22. The lowest BCUT2D eigenvalue weighted by Crippen LogP contribution is -2.50. The molecule has 0 aromatic carbocycles. The van der Waals surface area contributed by atoms with Crippen LogP contribution in [0.5, 0.6) is 0 Å². The number of thiophene rings is 2. The molecule has 1 N–H and O–H groups in total. The molecular formula is C21H25N5O3S2. The van der Waals surface area contributed by atoms with Crippen LogP contribution in [0.2, 0.25) is 0 Å². The maximum Gasteiger partial charge on any atom is 0.261 e. The average molecular weight is 460 g/mol. The van der Waals surface area contributed by atoms with Gasteiger partial charge in [-0.3, -0.25) is 14.5 Å². The summed E-state index contributed by atoms with van der Waals surface area (Å²) in [5, 5.41) is 10.8. The van der Waals surface area contributed by atoms with E-state index in [1.165, 1.54) is 16.2 Å². The average Bonchev–Trinajstić information content (AvgIpc) is 3.53. The Bertz CT molecular complexity index is 1040. The van der Waals surface area contributed by atoms with Crippen LogP contribution in [0, 0.1) is 6.92 Å². The highest BCUT2D eigenvalue weighted by atomic mass is 32.1. The van der Waals surface area contributed by atoms with Gasteiger partial charge < -0.3 is 14.7 Å². The Labute approximate surface area is 188 Å². The topological polar surface area (TPSA) is 91.6 Å². The summed E-state index contributed by atoms with van der Waals surface area (Å²) in [6, 6.07) is 3.86. The molecule has 4 rings (SSSR count). The van der Waals surface area contributed by atoms with Gasteiger partial charge in [-0.2, -0.15) is 16.3 Å². The van der Waals surface area contributed by atoms with E-state index in [4.69, 9.17) is 4.52 Å². The molecule has 10 heteroatoms. The molecule has 2 amide bonds. The van der Waals surface area contributed by atoms with Crippen molar-refractivity contribution >= 4 is 34.5 Å². The number of nitrogens with one attached hydrogen (secondary N) is 1. The minimum atomic E-state index is -0.183. The molecule has 164 valence electrons. The first-order valence-electron chi connectivity index (χ1n) is 10.3. The zero-order valence-electron chi connectivity index (χ0n) is 17.6. The van der Waals surface area contributed by atoms with Gasteiger partial charge in [-0.05, 0) is 36.4 Å². The molecule has 3 aromatic heterocycles. The first kappa shape index (κ1) is 21.7. The van der Waals surface area contributed by atoms with Crippen LogP contribution in [0.4, 0.5) is 0 Å². The summed E-state index contributed by atoms with van der Waals surface area (Å²) in [7, 11) is 0. The van der Waals surface area contributed by atoms with E-state index in [9.17, 15) is 9.59 Å². The van der Waals surface area contributed by atoms with Crippen LogP contribution in [0.3, 0.4) is 0 Å². The Balaban J connectivity index is 1.22. The lowest BCUT2D eigenvalue weighted by Gasteiger charge is -2.34. The third kappa shape index (κ3) is 5.20. The molecule has 3 aromatic rings. The summed E-state index contributed by atoms with van der Waals surface area (Å²) >= 11 is 3.09. The molecular weight excluding hydrogens is 434 g/mol. The van der Waals surface area contributed by atoms with E-state index in [0.29, 0.717) is 36.2 Å². The number of carbonyl (C=O) groups is 2. The minimum Gasteiger partial charge on any atom is -0.342 e. The van der Waals surface area contributed by atoms with Gasteiger partial charge in [0.1, 0.15) is 0 Å². The molecule has 0 radical (unpaired) electrons. The molecule has 0 aliphatic carbocycles. The fraction of sp³-hybridized carbons (Fsp3) is 0.429.